The minimum absolute atomic E-state index is 0.587. The number of nitrogens with zero attached hydrogens (tertiary/aromatic N) is 3. The van der Waals surface area contributed by atoms with Crippen LogP contribution < -0.4 is 0 Å². The number of rotatable bonds is 4. The smallest absolute Gasteiger partial charge is 0.164 e. The van der Waals surface area contributed by atoms with Gasteiger partial charge in [-0.1, -0.05) is 127 Å². The van der Waals surface area contributed by atoms with Gasteiger partial charge in [0.2, 0.25) is 0 Å². The van der Waals surface area contributed by atoms with Crippen molar-refractivity contribution in [2.45, 2.75) is 0 Å². The third kappa shape index (κ3) is 4.08. The molecule has 3 aromatic heterocycles. The minimum Gasteiger partial charge on any atom is -0.456 e. The summed E-state index contributed by atoms with van der Waals surface area (Å²) < 4.78 is 13.1. The summed E-state index contributed by atoms with van der Waals surface area (Å²) in [6.45, 7) is 0. The molecule has 0 fully saturated rings. The predicted molar refractivity (Wildman–Crippen MR) is 194 cm³/mol. The molecule has 48 heavy (non-hydrogen) atoms. The number of furan rings is 2. The SMILES string of the molecule is c1ccc(-c2nc(-c3ccccc3)nc(-c3cccc4oc5cccc(-c6cccc7oc8c9ccccc9ccc8c67)c5c34)n2)cc1. The van der Waals surface area contributed by atoms with Crippen LogP contribution in [0.4, 0.5) is 0 Å². The van der Waals surface area contributed by atoms with Crippen molar-refractivity contribution in [3.05, 3.63) is 152 Å². The zero-order valence-corrected chi connectivity index (χ0v) is 25.6. The van der Waals surface area contributed by atoms with Crippen LogP contribution in [0.5, 0.6) is 0 Å². The van der Waals surface area contributed by atoms with Crippen molar-refractivity contribution in [2.75, 3.05) is 0 Å². The van der Waals surface area contributed by atoms with Crippen LogP contribution in [0, 0.1) is 0 Å². The maximum atomic E-state index is 6.56. The molecule has 0 unspecified atom stereocenters. The molecule has 0 bridgehead atoms. The summed E-state index contributed by atoms with van der Waals surface area (Å²) in [5.74, 6) is 1.82. The Bertz CT molecular complexity index is 2780. The van der Waals surface area contributed by atoms with E-state index in [1.165, 1.54) is 0 Å². The molecule has 10 aromatic rings. The zero-order chi connectivity index (χ0) is 31.6. The first-order chi connectivity index (χ1) is 23.8. The number of hydrogen-bond donors (Lipinski definition) is 0. The van der Waals surface area contributed by atoms with Crippen LogP contribution >= 0.6 is 0 Å². The van der Waals surface area contributed by atoms with E-state index in [9.17, 15) is 0 Å². The molecule has 0 amide bonds. The maximum Gasteiger partial charge on any atom is 0.164 e. The summed E-state index contributed by atoms with van der Waals surface area (Å²) in [7, 11) is 0. The molecule has 0 saturated carbocycles. The minimum atomic E-state index is 0.587. The highest BCUT2D eigenvalue weighted by Crippen LogP contribution is 2.45. The molecule has 0 spiro atoms. The molecule has 0 aliphatic heterocycles. The van der Waals surface area contributed by atoms with Crippen LogP contribution in [0.25, 0.3) is 99.9 Å². The quantitative estimate of drug-likeness (QED) is 0.197. The van der Waals surface area contributed by atoms with Gasteiger partial charge in [0.05, 0.1) is 0 Å². The Balaban J connectivity index is 1.27. The molecule has 7 aromatic carbocycles. The van der Waals surface area contributed by atoms with Gasteiger partial charge in [-0.25, -0.2) is 15.0 Å². The Morgan fingerprint density at radius 2 is 0.854 bits per heavy atom. The molecule has 0 aliphatic rings. The second-order valence-corrected chi connectivity index (χ2v) is 11.9. The standard InChI is InChI=1S/C43H25N3O2/c1-3-13-27(14-4-1)41-44-42(28-15-5-2-6-16-28)46-43(45-41)33-20-11-23-36-39(33)38-31(19-10-22-35(38)47-36)30-18-9-21-34-37(30)32-25-24-26-12-7-8-17-29(26)40(32)48-34/h1-25H. The van der Waals surface area contributed by atoms with Gasteiger partial charge in [0.25, 0.3) is 0 Å². The second kappa shape index (κ2) is 10.5. The van der Waals surface area contributed by atoms with Gasteiger partial charge in [0.1, 0.15) is 22.3 Å². The summed E-state index contributed by atoms with van der Waals surface area (Å²) >= 11 is 0. The van der Waals surface area contributed by atoms with Crippen LogP contribution in [0.2, 0.25) is 0 Å². The lowest BCUT2D eigenvalue weighted by Crippen LogP contribution is -2.00. The molecule has 3 heterocycles. The van der Waals surface area contributed by atoms with Gasteiger partial charge in [-0.3, -0.25) is 0 Å². The van der Waals surface area contributed by atoms with Crippen molar-refractivity contribution in [3.63, 3.8) is 0 Å². The van der Waals surface area contributed by atoms with Gasteiger partial charge in [0.15, 0.2) is 17.5 Å². The van der Waals surface area contributed by atoms with E-state index in [0.29, 0.717) is 17.5 Å². The molecular formula is C43H25N3O2. The molecule has 0 atom stereocenters. The van der Waals surface area contributed by atoms with Gasteiger partial charge < -0.3 is 8.83 Å². The molecule has 0 saturated heterocycles. The molecule has 5 heteroatoms. The lowest BCUT2D eigenvalue weighted by Gasteiger charge is -2.10. The van der Waals surface area contributed by atoms with Crippen LogP contribution in [-0.4, -0.2) is 15.0 Å². The van der Waals surface area contributed by atoms with E-state index in [2.05, 4.69) is 66.7 Å². The lowest BCUT2D eigenvalue weighted by molar-refractivity contribution is 0.669. The first-order valence-electron chi connectivity index (χ1n) is 15.9. The Morgan fingerprint density at radius 3 is 1.52 bits per heavy atom. The predicted octanol–water partition coefficient (Wildman–Crippen LogP) is 11.5. The summed E-state index contributed by atoms with van der Waals surface area (Å²) in [4.78, 5) is 15.1. The van der Waals surface area contributed by atoms with Gasteiger partial charge in [-0.05, 0) is 40.8 Å². The average Bonchev–Trinajstić information content (AvgIpc) is 3.74. The second-order valence-electron chi connectivity index (χ2n) is 11.9. The summed E-state index contributed by atoms with van der Waals surface area (Å²) in [5, 5.41) is 6.39. The molecule has 10 rings (SSSR count). The van der Waals surface area contributed by atoms with E-state index in [1.54, 1.807) is 0 Å². The third-order valence-electron chi connectivity index (χ3n) is 9.14. The Morgan fingerprint density at radius 1 is 0.333 bits per heavy atom. The Labute approximate surface area is 274 Å². The molecule has 5 nitrogen and oxygen atoms in total. The van der Waals surface area contributed by atoms with E-state index in [4.69, 9.17) is 23.8 Å². The molecule has 0 radical (unpaired) electrons. The van der Waals surface area contributed by atoms with Gasteiger partial charge in [-0.2, -0.15) is 0 Å². The molecule has 224 valence electrons. The lowest BCUT2D eigenvalue weighted by atomic mass is 9.93. The van der Waals surface area contributed by atoms with Crippen molar-refractivity contribution in [1.82, 2.24) is 15.0 Å². The topological polar surface area (TPSA) is 65.0 Å². The fourth-order valence-corrected chi connectivity index (χ4v) is 6.98. The molecule has 0 aliphatic carbocycles. The highest BCUT2D eigenvalue weighted by Gasteiger charge is 2.22. The number of fused-ring (bicyclic) bond motifs is 8. The van der Waals surface area contributed by atoms with Crippen LogP contribution in [0.15, 0.2) is 160 Å². The van der Waals surface area contributed by atoms with Crippen LogP contribution in [-0.2, 0) is 0 Å². The monoisotopic (exact) mass is 615 g/mol. The van der Waals surface area contributed by atoms with E-state index >= 15 is 0 Å². The summed E-state index contributed by atoms with van der Waals surface area (Å²) in [5.41, 5.74) is 8.18. The van der Waals surface area contributed by atoms with Crippen molar-refractivity contribution in [3.8, 4) is 45.3 Å². The highest BCUT2D eigenvalue weighted by atomic mass is 16.3. The van der Waals surface area contributed by atoms with Gasteiger partial charge in [0, 0.05) is 43.6 Å². The van der Waals surface area contributed by atoms with Crippen LogP contribution in [0.1, 0.15) is 0 Å². The fraction of sp³-hybridized carbons (Fsp3) is 0. The number of aromatic nitrogens is 3. The zero-order valence-electron chi connectivity index (χ0n) is 25.6. The van der Waals surface area contributed by atoms with Crippen molar-refractivity contribution >= 4 is 54.6 Å². The first-order valence-corrected chi connectivity index (χ1v) is 15.9. The van der Waals surface area contributed by atoms with Crippen molar-refractivity contribution in [2.24, 2.45) is 0 Å². The molecular weight excluding hydrogens is 590 g/mol. The normalized spacial score (nSPS) is 11.8. The van der Waals surface area contributed by atoms with E-state index in [1.807, 2.05) is 84.9 Å². The average molecular weight is 616 g/mol. The van der Waals surface area contributed by atoms with Gasteiger partial charge >= 0.3 is 0 Å². The molecule has 0 N–H and O–H groups in total. The summed E-state index contributed by atoms with van der Waals surface area (Å²) in [6, 6.07) is 51.4. The number of benzene rings is 7. The highest BCUT2D eigenvalue weighted by molar-refractivity contribution is 6.23. The third-order valence-corrected chi connectivity index (χ3v) is 9.14. The first kappa shape index (κ1) is 26.6. The van der Waals surface area contributed by atoms with Crippen LogP contribution in [0.3, 0.4) is 0 Å². The number of hydrogen-bond acceptors (Lipinski definition) is 5. The van der Waals surface area contributed by atoms with Crippen molar-refractivity contribution < 1.29 is 8.83 Å². The van der Waals surface area contributed by atoms with E-state index < -0.39 is 0 Å². The summed E-state index contributed by atoms with van der Waals surface area (Å²) in [6.07, 6.45) is 0. The fourth-order valence-electron chi connectivity index (χ4n) is 6.98. The largest absolute Gasteiger partial charge is 0.456 e. The van der Waals surface area contributed by atoms with Gasteiger partial charge in [-0.15, -0.1) is 0 Å². The van der Waals surface area contributed by atoms with Crippen molar-refractivity contribution in [1.29, 1.82) is 0 Å². The van der Waals surface area contributed by atoms with E-state index in [-0.39, 0.29) is 0 Å². The van der Waals surface area contributed by atoms with E-state index in [0.717, 1.165) is 82.5 Å². The Kier molecular flexibility index (Phi) is 5.81. The Hall–Kier alpha value is -6.59. The maximum absolute atomic E-state index is 6.56.